The van der Waals surface area contributed by atoms with Gasteiger partial charge >= 0.3 is 0 Å². The van der Waals surface area contributed by atoms with E-state index in [1.807, 2.05) is 0 Å². The Kier molecular flexibility index (Phi) is 6.36. The van der Waals surface area contributed by atoms with Crippen molar-refractivity contribution in [3.63, 3.8) is 0 Å². The van der Waals surface area contributed by atoms with Crippen molar-refractivity contribution in [2.45, 2.75) is 90.3 Å². The van der Waals surface area contributed by atoms with Crippen molar-refractivity contribution in [3.05, 3.63) is 0 Å². The predicted molar refractivity (Wildman–Crippen MR) is 93.3 cm³/mol. The lowest BCUT2D eigenvalue weighted by Crippen LogP contribution is -2.40. The number of hydrogen-bond acceptors (Lipinski definition) is 1. The van der Waals surface area contributed by atoms with Crippen LogP contribution in [-0.2, 0) is 0 Å². The fourth-order valence-corrected chi connectivity index (χ4v) is 4.86. The van der Waals surface area contributed by atoms with Crippen LogP contribution in [0.2, 0.25) is 0 Å². The van der Waals surface area contributed by atoms with Gasteiger partial charge in [-0.2, -0.15) is 0 Å². The first-order valence-corrected chi connectivity index (χ1v) is 9.64. The fraction of sp³-hybridized carbons (Fsp3) is 1.00. The molecule has 2 heteroatoms. The third-order valence-corrected chi connectivity index (χ3v) is 6.36. The van der Waals surface area contributed by atoms with Crippen LogP contribution in [0.3, 0.4) is 0 Å². The zero-order valence-electron chi connectivity index (χ0n) is 14.0. The van der Waals surface area contributed by atoms with Gasteiger partial charge in [-0.15, -0.1) is 9.24 Å². The number of hydrogen-bond donors (Lipinski definition) is 1. The van der Waals surface area contributed by atoms with E-state index in [2.05, 4.69) is 35.3 Å². The SMILES string of the molecule is CC(C)(C)C1CCNC1C1CCCCCCC(P)CC1. The van der Waals surface area contributed by atoms with Crippen molar-refractivity contribution in [1.82, 2.24) is 5.32 Å². The lowest BCUT2D eigenvalue weighted by molar-refractivity contribution is 0.163. The first kappa shape index (κ1) is 16.8. The van der Waals surface area contributed by atoms with Crippen LogP contribution in [0.25, 0.3) is 0 Å². The summed E-state index contributed by atoms with van der Waals surface area (Å²) in [5.74, 6) is 1.79. The van der Waals surface area contributed by atoms with Gasteiger partial charge in [0.2, 0.25) is 0 Å². The van der Waals surface area contributed by atoms with Gasteiger partial charge in [-0.25, -0.2) is 0 Å². The zero-order chi connectivity index (χ0) is 14.6. The van der Waals surface area contributed by atoms with E-state index in [9.17, 15) is 0 Å². The molecule has 1 heterocycles. The highest BCUT2D eigenvalue weighted by Crippen LogP contribution is 2.40. The van der Waals surface area contributed by atoms with Crippen molar-refractivity contribution < 1.29 is 0 Å². The van der Waals surface area contributed by atoms with Gasteiger partial charge in [0.25, 0.3) is 0 Å². The van der Waals surface area contributed by atoms with Crippen molar-refractivity contribution in [3.8, 4) is 0 Å². The molecule has 5 atom stereocenters. The molecule has 1 saturated carbocycles. The van der Waals surface area contributed by atoms with Crippen LogP contribution < -0.4 is 5.32 Å². The van der Waals surface area contributed by atoms with Crippen molar-refractivity contribution in [1.29, 1.82) is 0 Å². The van der Waals surface area contributed by atoms with Crippen LogP contribution >= 0.6 is 9.24 Å². The van der Waals surface area contributed by atoms with E-state index in [0.29, 0.717) is 5.41 Å². The van der Waals surface area contributed by atoms with E-state index in [-0.39, 0.29) is 0 Å². The van der Waals surface area contributed by atoms with Crippen molar-refractivity contribution in [2.75, 3.05) is 6.54 Å². The zero-order valence-corrected chi connectivity index (χ0v) is 15.1. The maximum atomic E-state index is 3.88. The van der Waals surface area contributed by atoms with Gasteiger partial charge in [-0.05, 0) is 61.6 Å². The quantitative estimate of drug-likeness (QED) is 0.671. The lowest BCUT2D eigenvalue weighted by Gasteiger charge is -2.37. The Labute approximate surface area is 129 Å². The van der Waals surface area contributed by atoms with E-state index in [1.165, 1.54) is 64.3 Å². The van der Waals surface area contributed by atoms with E-state index < -0.39 is 0 Å². The molecule has 0 radical (unpaired) electrons. The minimum atomic E-state index is 0.462. The van der Waals surface area contributed by atoms with Crippen LogP contribution in [0.5, 0.6) is 0 Å². The highest BCUT2D eigenvalue weighted by Gasteiger charge is 2.39. The Bertz CT molecular complexity index is 284. The summed E-state index contributed by atoms with van der Waals surface area (Å²) in [5.41, 5.74) is 1.33. The summed E-state index contributed by atoms with van der Waals surface area (Å²) in [5, 5.41) is 3.88. The molecule has 0 aromatic rings. The highest BCUT2D eigenvalue weighted by atomic mass is 31.0. The Hall–Kier alpha value is 0.390. The Morgan fingerprint density at radius 1 is 0.850 bits per heavy atom. The van der Waals surface area contributed by atoms with Crippen LogP contribution in [0.4, 0.5) is 0 Å². The highest BCUT2D eigenvalue weighted by molar-refractivity contribution is 7.17. The first-order valence-electron chi connectivity index (χ1n) is 8.97. The summed E-state index contributed by atoms with van der Waals surface area (Å²) in [6.07, 6.45) is 13.0. The van der Waals surface area contributed by atoms with E-state index in [0.717, 1.165) is 23.5 Å². The Morgan fingerprint density at radius 2 is 1.55 bits per heavy atom. The molecule has 5 unspecified atom stereocenters. The third-order valence-electron chi connectivity index (χ3n) is 5.70. The maximum absolute atomic E-state index is 3.88. The third kappa shape index (κ3) is 4.70. The average Bonchev–Trinajstić information content (AvgIpc) is 2.86. The molecule has 1 aliphatic carbocycles. The molecule has 0 amide bonds. The van der Waals surface area contributed by atoms with E-state index in [4.69, 9.17) is 0 Å². The number of nitrogens with one attached hydrogen (secondary N) is 1. The summed E-state index contributed by atoms with van der Waals surface area (Å²) in [6.45, 7) is 8.57. The van der Waals surface area contributed by atoms with Crippen LogP contribution in [-0.4, -0.2) is 18.2 Å². The smallest absolute Gasteiger partial charge is 0.0129 e. The van der Waals surface area contributed by atoms with Crippen LogP contribution in [0, 0.1) is 17.3 Å². The molecule has 0 aromatic carbocycles. The molecule has 0 spiro atoms. The second kappa shape index (κ2) is 7.59. The van der Waals surface area contributed by atoms with Gasteiger partial charge in [0.1, 0.15) is 0 Å². The standard InChI is InChI=1S/C18H36NP/c1-18(2,3)16-12-13-19-17(16)14-8-6-4-5-7-9-15(20)11-10-14/h14-17,19H,4-13,20H2,1-3H3. The molecular weight excluding hydrogens is 261 g/mol. The number of rotatable bonds is 1. The average molecular weight is 297 g/mol. The van der Waals surface area contributed by atoms with E-state index >= 15 is 0 Å². The molecule has 1 nitrogen and oxygen atoms in total. The van der Waals surface area contributed by atoms with Gasteiger partial charge < -0.3 is 5.32 Å². The monoisotopic (exact) mass is 297 g/mol. The molecule has 118 valence electrons. The fourth-order valence-electron chi connectivity index (χ4n) is 4.44. The van der Waals surface area contributed by atoms with Crippen molar-refractivity contribution in [2.24, 2.45) is 17.3 Å². The molecule has 2 aliphatic rings. The summed E-state index contributed by atoms with van der Waals surface area (Å²) in [7, 11) is 3.11. The predicted octanol–water partition coefficient (Wildman–Crippen LogP) is 5.00. The molecule has 2 rings (SSSR count). The van der Waals surface area contributed by atoms with Gasteiger partial charge in [0, 0.05) is 6.04 Å². The minimum Gasteiger partial charge on any atom is -0.313 e. The molecule has 0 bridgehead atoms. The van der Waals surface area contributed by atoms with Crippen LogP contribution in [0.1, 0.15) is 78.6 Å². The molecular formula is C18H36NP. The van der Waals surface area contributed by atoms with Gasteiger partial charge in [-0.1, -0.05) is 46.5 Å². The first-order chi connectivity index (χ1) is 9.48. The van der Waals surface area contributed by atoms with E-state index in [1.54, 1.807) is 0 Å². The lowest BCUT2D eigenvalue weighted by atomic mass is 9.71. The molecule has 0 aromatic heterocycles. The van der Waals surface area contributed by atoms with Gasteiger partial charge in [-0.3, -0.25) is 0 Å². The summed E-state index contributed by atoms with van der Waals surface area (Å²) in [6, 6.07) is 0.784. The second-order valence-electron chi connectivity index (χ2n) is 8.33. The molecule has 2 fully saturated rings. The topological polar surface area (TPSA) is 12.0 Å². The molecule has 1 aliphatic heterocycles. The maximum Gasteiger partial charge on any atom is 0.0129 e. The van der Waals surface area contributed by atoms with Crippen molar-refractivity contribution >= 4 is 9.24 Å². The minimum absolute atomic E-state index is 0.462. The summed E-state index contributed by atoms with van der Waals surface area (Å²) >= 11 is 0. The normalized spacial score (nSPS) is 37.8. The largest absolute Gasteiger partial charge is 0.313 e. The Morgan fingerprint density at radius 3 is 2.25 bits per heavy atom. The van der Waals surface area contributed by atoms with Crippen LogP contribution in [0.15, 0.2) is 0 Å². The second-order valence-corrected chi connectivity index (χ2v) is 9.27. The molecule has 1 saturated heterocycles. The van der Waals surface area contributed by atoms with Gasteiger partial charge in [0.05, 0.1) is 0 Å². The summed E-state index contributed by atoms with van der Waals surface area (Å²) in [4.78, 5) is 0. The van der Waals surface area contributed by atoms with Gasteiger partial charge in [0.15, 0.2) is 0 Å². The summed E-state index contributed by atoms with van der Waals surface area (Å²) < 4.78 is 0. The molecule has 20 heavy (non-hydrogen) atoms. The molecule has 1 N–H and O–H groups in total. The Balaban J connectivity index is 1.99.